The van der Waals surface area contributed by atoms with Crippen molar-refractivity contribution in [2.24, 2.45) is 0 Å². The van der Waals surface area contributed by atoms with Crippen molar-refractivity contribution in [2.75, 3.05) is 19.3 Å². The number of thiazole rings is 1. The van der Waals surface area contributed by atoms with Crippen molar-refractivity contribution in [3.63, 3.8) is 0 Å². The van der Waals surface area contributed by atoms with E-state index in [-0.39, 0.29) is 24.3 Å². The zero-order valence-corrected chi connectivity index (χ0v) is 19.2. The third-order valence-corrected chi connectivity index (χ3v) is 8.47. The van der Waals surface area contributed by atoms with E-state index in [9.17, 15) is 13.2 Å². The zero-order chi connectivity index (χ0) is 21.3. The van der Waals surface area contributed by atoms with Crippen LogP contribution < -0.4 is 5.32 Å². The molecule has 10 heteroatoms. The summed E-state index contributed by atoms with van der Waals surface area (Å²) in [5, 5.41) is 5.89. The van der Waals surface area contributed by atoms with E-state index in [1.165, 1.54) is 10.6 Å². The van der Waals surface area contributed by atoms with E-state index in [2.05, 4.69) is 10.3 Å². The van der Waals surface area contributed by atoms with Crippen molar-refractivity contribution >= 4 is 50.0 Å². The van der Waals surface area contributed by atoms with Gasteiger partial charge in [-0.25, -0.2) is 17.7 Å². The summed E-state index contributed by atoms with van der Waals surface area (Å²) < 4.78 is 32.0. The number of hydrogen-bond donors (Lipinski definition) is 1. The van der Waals surface area contributed by atoms with Crippen LogP contribution in [0.5, 0.6) is 0 Å². The summed E-state index contributed by atoms with van der Waals surface area (Å²) in [6.07, 6.45) is 2.65. The number of carbonyl (C=O) groups is 1. The minimum Gasteiger partial charge on any atom is -0.451 e. The summed E-state index contributed by atoms with van der Waals surface area (Å²) in [6, 6.07) is 7.35. The molecule has 1 N–H and O–H groups in total. The Morgan fingerprint density at radius 3 is 2.93 bits per heavy atom. The van der Waals surface area contributed by atoms with Crippen molar-refractivity contribution in [3.8, 4) is 0 Å². The number of aryl methyl sites for hydroxylation is 1. The van der Waals surface area contributed by atoms with Crippen LogP contribution in [-0.4, -0.2) is 49.0 Å². The summed E-state index contributed by atoms with van der Waals surface area (Å²) in [7, 11) is -3.28. The van der Waals surface area contributed by atoms with E-state index in [0.29, 0.717) is 24.3 Å². The van der Waals surface area contributed by atoms with Gasteiger partial charge in [-0.05, 0) is 25.8 Å². The molecule has 3 heterocycles. The van der Waals surface area contributed by atoms with Crippen LogP contribution in [0.15, 0.2) is 38.4 Å². The molecule has 1 aliphatic heterocycles. The van der Waals surface area contributed by atoms with Crippen LogP contribution in [0.2, 0.25) is 0 Å². The zero-order valence-electron chi connectivity index (χ0n) is 16.8. The second-order valence-electron chi connectivity index (χ2n) is 7.38. The number of rotatable bonds is 6. The fraction of sp³-hybridized carbons (Fsp3) is 0.400. The first kappa shape index (κ1) is 21.4. The van der Waals surface area contributed by atoms with Crippen LogP contribution in [0, 0.1) is 6.92 Å². The number of para-hydroxylation sites is 1. The maximum Gasteiger partial charge on any atom is 0.287 e. The second kappa shape index (κ2) is 8.70. The molecule has 0 saturated carbocycles. The van der Waals surface area contributed by atoms with Gasteiger partial charge in [0.2, 0.25) is 10.0 Å². The highest BCUT2D eigenvalue weighted by Crippen LogP contribution is 2.33. The quantitative estimate of drug-likeness (QED) is 0.559. The highest BCUT2D eigenvalue weighted by molar-refractivity contribution is 8.00. The Morgan fingerprint density at radius 2 is 2.20 bits per heavy atom. The number of piperidine rings is 1. The van der Waals surface area contributed by atoms with Gasteiger partial charge in [-0.3, -0.25) is 4.79 Å². The first-order valence-electron chi connectivity index (χ1n) is 9.62. The standard InChI is InChI=1S/C20H23N3O4S3/c1-13-11-28-20(21-13)29-12-16-15-7-3-4-8-17(15)27-18(16)19(24)22-14-6-5-9-23(10-14)30(2,25)26/h3-4,7-8,11,14H,5-6,9-10,12H2,1-2H3,(H,22,24). The van der Waals surface area contributed by atoms with Gasteiger partial charge >= 0.3 is 0 Å². The number of nitrogens with zero attached hydrogens (tertiary/aromatic N) is 2. The maximum atomic E-state index is 13.1. The van der Waals surface area contributed by atoms with Crippen LogP contribution in [0.3, 0.4) is 0 Å². The fourth-order valence-electron chi connectivity index (χ4n) is 3.57. The molecule has 4 rings (SSSR count). The first-order valence-corrected chi connectivity index (χ1v) is 13.3. The number of thioether (sulfide) groups is 1. The molecule has 7 nitrogen and oxygen atoms in total. The molecule has 0 spiro atoms. The van der Waals surface area contributed by atoms with E-state index in [1.54, 1.807) is 23.1 Å². The summed E-state index contributed by atoms with van der Waals surface area (Å²) in [5.74, 6) is 0.540. The fourth-order valence-corrected chi connectivity index (χ4v) is 6.36. The molecular weight excluding hydrogens is 442 g/mol. The minimum absolute atomic E-state index is 0.240. The molecule has 1 amide bonds. The lowest BCUT2D eigenvalue weighted by Gasteiger charge is -2.31. The first-order chi connectivity index (χ1) is 14.3. The van der Waals surface area contributed by atoms with E-state index < -0.39 is 10.0 Å². The summed E-state index contributed by atoms with van der Waals surface area (Å²) >= 11 is 3.16. The summed E-state index contributed by atoms with van der Waals surface area (Å²) in [5.41, 5.74) is 2.47. The minimum atomic E-state index is -3.28. The van der Waals surface area contributed by atoms with E-state index in [4.69, 9.17) is 4.42 Å². The third-order valence-electron chi connectivity index (χ3n) is 5.03. The summed E-state index contributed by atoms with van der Waals surface area (Å²) in [4.78, 5) is 17.6. The Balaban J connectivity index is 1.55. The monoisotopic (exact) mass is 465 g/mol. The van der Waals surface area contributed by atoms with Gasteiger partial charge in [-0.15, -0.1) is 11.3 Å². The largest absolute Gasteiger partial charge is 0.451 e. The smallest absolute Gasteiger partial charge is 0.287 e. The number of hydrogen-bond acceptors (Lipinski definition) is 7. The van der Waals surface area contributed by atoms with Gasteiger partial charge in [0.15, 0.2) is 5.76 Å². The molecule has 1 aromatic carbocycles. The molecule has 0 radical (unpaired) electrons. The van der Waals surface area contributed by atoms with Crippen molar-refractivity contribution in [2.45, 2.75) is 35.9 Å². The van der Waals surface area contributed by atoms with Crippen molar-refractivity contribution in [1.82, 2.24) is 14.6 Å². The number of carbonyl (C=O) groups excluding carboxylic acids is 1. The molecule has 1 saturated heterocycles. The van der Waals surface area contributed by atoms with Gasteiger partial charge in [0.05, 0.1) is 6.26 Å². The van der Waals surface area contributed by atoms with Gasteiger partial charge in [-0.1, -0.05) is 30.0 Å². The number of fused-ring (bicyclic) bond motifs is 1. The molecule has 1 aliphatic rings. The molecule has 1 atom stereocenters. The van der Waals surface area contributed by atoms with E-state index >= 15 is 0 Å². The Hall–Kier alpha value is -1.88. The van der Waals surface area contributed by atoms with E-state index in [0.717, 1.165) is 27.4 Å². The van der Waals surface area contributed by atoms with Crippen molar-refractivity contribution in [3.05, 3.63) is 46.7 Å². The Labute approximate surface area is 183 Å². The van der Waals surface area contributed by atoms with Crippen molar-refractivity contribution in [1.29, 1.82) is 0 Å². The number of benzene rings is 1. The maximum absolute atomic E-state index is 13.1. The summed E-state index contributed by atoms with van der Waals surface area (Å²) in [6.45, 7) is 2.73. The second-order valence-corrected chi connectivity index (χ2v) is 11.4. The average molecular weight is 466 g/mol. The number of furan rings is 1. The Bertz CT molecular complexity index is 1170. The van der Waals surface area contributed by atoms with Gasteiger partial charge in [0, 0.05) is 46.9 Å². The highest BCUT2D eigenvalue weighted by Gasteiger charge is 2.29. The molecule has 0 aliphatic carbocycles. The highest BCUT2D eigenvalue weighted by atomic mass is 32.2. The predicted molar refractivity (Wildman–Crippen MR) is 120 cm³/mol. The number of nitrogens with one attached hydrogen (secondary N) is 1. The van der Waals surface area contributed by atoms with Gasteiger partial charge in [0.1, 0.15) is 9.92 Å². The van der Waals surface area contributed by atoms with Crippen LogP contribution in [0.4, 0.5) is 0 Å². The number of amides is 1. The molecule has 1 fully saturated rings. The molecule has 3 aromatic rings. The van der Waals surface area contributed by atoms with Crippen LogP contribution in [-0.2, 0) is 15.8 Å². The topological polar surface area (TPSA) is 92.5 Å². The third kappa shape index (κ3) is 4.72. The number of aromatic nitrogens is 1. The number of sulfonamides is 1. The van der Waals surface area contributed by atoms with Crippen molar-refractivity contribution < 1.29 is 17.6 Å². The Kier molecular flexibility index (Phi) is 6.19. The molecule has 1 unspecified atom stereocenters. The van der Waals surface area contributed by atoms with Crippen LogP contribution >= 0.6 is 23.1 Å². The lowest BCUT2D eigenvalue weighted by atomic mass is 10.1. The molecule has 160 valence electrons. The van der Waals surface area contributed by atoms with Crippen LogP contribution in [0.25, 0.3) is 11.0 Å². The van der Waals surface area contributed by atoms with Gasteiger partial charge in [0.25, 0.3) is 5.91 Å². The Morgan fingerprint density at radius 1 is 1.40 bits per heavy atom. The SMILES string of the molecule is Cc1csc(SCc2c(C(=O)NC3CCCN(S(C)(=O)=O)C3)oc3ccccc23)n1. The van der Waals surface area contributed by atoms with Gasteiger partial charge in [-0.2, -0.15) is 0 Å². The van der Waals surface area contributed by atoms with Gasteiger partial charge < -0.3 is 9.73 Å². The lowest BCUT2D eigenvalue weighted by Crippen LogP contribution is -2.49. The molecular formula is C20H23N3O4S3. The van der Waals surface area contributed by atoms with E-state index in [1.807, 2.05) is 36.6 Å². The lowest BCUT2D eigenvalue weighted by molar-refractivity contribution is 0.0894. The normalized spacial score (nSPS) is 18.0. The molecule has 2 aromatic heterocycles. The van der Waals surface area contributed by atoms with Crippen LogP contribution in [0.1, 0.15) is 34.7 Å². The predicted octanol–water partition coefficient (Wildman–Crippen LogP) is 3.64. The molecule has 0 bridgehead atoms. The average Bonchev–Trinajstić information content (AvgIpc) is 3.29. The molecule has 30 heavy (non-hydrogen) atoms.